The molecule has 0 unspecified atom stereocenters. The van der Waals surface area contributed by atoms with Crippen LogP contribution in [0.3, 0.4) is 0 Å². The second-order valence-electron chi connectivity index (χ2n) is 3.74. The Morgan fingerprint density at radius 3 is 2.29 bits per heavy atom. The molecule has 0 saturated heterocycles. The first kappa shape index (κ1) is 12.0. The quantitative estimate of drug-likeness (QED) is 0.901. The van der Waals surface area contributed by atoms with Crippen molar-refractivity contribution in [2.45, 2.75) is 6.54 Å². The predicted octanol–water partition coefficient (Wildman–Crippen LogP) is 3.47. The average Bonchev–Trinajstić information content (AvgIpc) is 2.39. The van der Waals surface area contributed by atoms with Crippen LogP contribution in [0.15, 0.2) is 42.5 Å². The van der Waals surface area contributed by atoms with Crippen LogP contribution >= 0.6 is 11.6 Å². The molecule has 88 valence electrons. The van der Waals surface area contributed by atoms with Crippen molar-refractivity contribution in [3.63, 3.8) is 0 Å². The zero-order valence-electron chi connectivity index (χ0n) is 9.61. The Morgan fingerprint density at radius 1 is 1.06 bits per heavy atom. The molecule has 0 bridgehead atoms. The molecule has 2 rings (SSSR count). The van der Waals surface area contributed by atoms with Crippen molar-refractivity contribution < 1.29 is 4.74 Å². The van der Waals surface area contributed by atoms with Gasteiger partial charge < -0.3 is 10.5 Å². The Labute approximate surface area is 106 Å². The van der Waals surface area contributed by atoms with E-state index in [1.54, 1.807) is 7.11 Å². The highest BCUT2D eigenvalue weighted by molar-refractivity contribution is 6.31. The third kappa shape index (κ3) is 2.60. The van der Waals surface area contributed by atoms with Gasteiger partial charge in [0.15, 0.2) is 0 Å². The number of hydrogen-bond acceptors (Lipinski definition) is 2. The molecule has 0 fully saturated rings. The van der Waals surface area contributed by atoms with E-state index in [1.165, 1.54) is 0 Å². The lowest BCUT2D eigenvalue weighted by Crippen LogP contribution is -1.97. The number of rotatable bonds is 3. The van der Waals surface area contributed by atoms with Crippen molar-refractivity contribution >= 4 is 11.6 Å². The van der Waals surface area contributed by atoms with Crippen LogP contribution in [-0.4, -0.2) is 7.11 Å². The molecular weight excluding hydrogens is 234 g/mol. The monoisotopic (exact) mass is 247 g/mol. The van der Waals surface area contributed by atoms with Gasteiger partial charge in [-0.25, -0.2) is 0 Å². The highest BCUT2D eigenvalue weighted by Crippen LogP contribution is 2.26. The van der Waals surface area contributed by atoms with E-state index in [1.807, 2.05) is 42.5 Å². The van der Waals surface area contributed by atoms with Crippen LogP contribution in [0.1, 0.15) is 5.56 Å². The predicted molar refractivity (Wildman–Crippen MR) is 71.3 cm³/mol. The summed E-state index contributed by atoms with van der Waals surface area (Å²) in [5.41, 5.74) is 8.83. The van der Waals surface area contributed by atoms with Crippen LogP contribution in [0.5, 0.6) is 5.75 Å². The molecular formula is C14H14ClNO. The maximum atomic E-state index is 6.03. The van der Waals surface area contributed by atoms with Crippen LogP contribution in [0.4, 0.5) is 0 Å². The minimum absolute atomic E-state index is 0.447. The second-order valence-corrected chi connectivity index (χ2v) is 4.15. The molecule has 2 nitrogen and oxygen atoms in total. The summed E-state index contributed by atoms with van der Waals surface area (Å²) in [6.07, 6.45) is 0. The SMILES string of the molecule is COc1ccc(-c2ccc(Cl)c(CN)c2)cc1. The van der Waals surface area contributed by atoms with Crippen molar-refractivity contribution in [3.05, 3.63) is 53.1 Å². The molecule has 0 heterocycles. The molecule has 0 amide bonds. The summed E-state index contributed by atoms with van der Waals surface area (Å²) in [6, 6.07) is 13.8. The lowest BCUT2D eigenvalue weighted by atomic mass is 10.0. The van der Waals surface area contributed by atoms with Crippen molar-refractivity contribution in [2.24, 2.45) is 5.73 Å². The Bertz CT molecular complexity index is 508. The molecule has 0 aliphatic rings. The van der Waals surface area contributed by atoms with E-state index in [9.17, 15) is 0 Å². The van der Waals surface area contributed by atoms with Gasteiger partial charge in [-0.3, -0.25) is 0 Å². The minimum Gasteiger partial charge on any atom is -0.497 e. The third-order valence-electron chi connectivity index (χ3n) is 2.69. The van der Waals surface area contributed by atoms with E-state index < -0.39 is 0 Å². The summed E-state index contributed by atoms with van der Waals surface area (Å²) >= 11 is 6.03. The number of nitrogens with two attached hydrogens (primary N) is 1. The minimum atomic E-state index is 0.447. The van der Waals surface area contributed by atoms with E-state index in [-0.39, 0.29) is 0 Å². The maximum Gasteiger partial charge on any atom is 0.118 e. The van der Waals surface area contributed by atoms with Crippen LogP contribution in [0, 0.1) is 0 Å². The van der Waals surface area contributed by atoms with Crippen molar-refractivity contribution in [2.75, 3.05) is 7.11 Å². The first-order chi connectivity index (χ1) is 8.24. The van der Waals surface area contributed by atoms with Gasteiger partial charge in [-0.1, -0.05) is 29.8 Å². The molecule has 0 atom stereocenters. The molecule has 2 aromatic rings. The Balaban J connectivity index is 2.38. The second kappa shape index (κ2) is 5.21. The van der Waals surface area contributed by atoms with Crippen LogP contribution in [-0.2, 0) is 6.54 Å². The summed E-state index contributed by atoms with van der Waals surface area (Å²) in [5, 5.41) is 0.713. The molecule has 3 heteroatoms. The molecule has 0 aliphatic carbocycles. The average molecular weight is 248 g/mol. The first-order valence-electron chi connectivity index (χ1n) is 5.37. The molecule has 0 saturated carbocycles. The summed E-state index contributed by atoms with van der Waals surface area (Å²) in [6.45, 7) is 0.447. The normalized spacial score (nSPS) is 10.3. The molecule has 2 aromatic carbocycles. The van der Waals surface area contributed by atoms with E-state index in [0.717, 1.165) is 22.4 Å². The van der Waals surface area contributed by atoms with E-state index in [2.05, 4.69) is 0 Å². The Morgan fingerprint density at radius 2 is 1.71 bits per heavy atom. The Hall–Kier alpha value is -1.51. The van der Waals surface area contributed by atoms with Crippen molar-refractivity contribution in [3.8, 4) is 16.9 Å². The molecule has 0 radical (unpaired) electrons. The molecule has 2 N–H and O–H groups in total. The number of hydrogen-bond donors (Lipinski definition) is 1. The third-order valence-corrected chi connectivity index (χ3v) is 3.06. The zero-order chi connectivity index (χ0) is 12.3. The largest absolute Gasteiger partial charge is 0.497 e. The topological polar surface area (TPSA) is 35.2 Å². The smallest absolute Gasteiger partial charge is 0.118 e. The van der Waals surface area contributed by atoms with Gasteiger partial charge in [-0.15, -0.1) is 0 Å². The highest BCUT2D eigenvalue weighted by atomic mass is 35.5. The van der Waals surface area contributed by atoms with Gasteiger partial charge >= 0.3 is 0 Å². The maximum absolute atomic E-state index is 6.03. The Kier molecular flexibility index (Phi) is 3.67. The van der Waals surface area contributed by atoms with E-state index in [4.69, 9.17) is 22.1 Å². The molecule has 0 aromatic heterocycles. The molecule has 17 heavy (non-hydrogen) atoms. The highest BCUT2D eigenvalue weighted by Gasteiger charge is 2.03. The number of benzene rings is 2. The molecule has 0 spiro atoms. The number of methoxy groups -OCH3 is 1. The number of ether oxygens (including phenoxy) is 1. The van der Waals surface area contributed by atoms with Gasteiger partial charge in [0.2, 0.25) is 0 Å². The fourth-order valence-corrected chi connectivity index (χ4v) is 1.89. The fraction of sp³-hybridized carbons (Fsp3) is 0.143. The fourth-order valence-electron chi connectivity index (χ4n) is 1.69. The zero-order valence-corrected chi connectivity index (χ0v) is 10.4. The van der Waals surface area contributed by atoms with Crippen molar-refractivity contribution in [1.82, 2.24) is 0 Å². The standard InChI is InChI=1S/C14H14ClNO/c1-17-13-5-2-10(3-6-13)11-4-7-14(15)12(8-11)9-16/h2-8H,9,16H2,1H3. The van der Waals surface area contributed by atoms with E-state index in [0.29, 0.717) is 11.6 Å². The van der Waals surface area contributed by atoms with Gasteiger partial charge in [0, 0.05) is 11.6 Å². The number of halogens is 1. The van der Waals surface area contributed by atoms with Gasteiger partial charge in [-0.05, 0) is 41.0 Å². The lowest BCUT2D eigenvalue weighted by Gasteiger charge is -2.07. The van der Waals surface area contributed by atoms with Crippen molar-refractivity contribution in [1.29, 1.82) is 0 Å². The summed E-state index contributed by atoms with van der Waals surface area (Å²) in [4.78, 5) is 0. The van der Waals surface area contributed by atoms with Crippen LogP contribution in [0.2, 0.25) is 5.02 Å². The summed E-state index contributed by atoms with van der Waals surface area (Å²) in [5.74, 6) is 0.849. The van der Waals surface area contributed by atoms with Gasteiger partial charge in [0.05, 0.1) is 7.11 Å². The summed E-state index contributed by atoms with van der Waals surface area (Å²) < 4.78 is 5.13. The molecule has 0 aliphatic heterocycles. The van der Waals surface area contributed by atoms with E-state index >= 15 is 0 Å². The van der Waals surface area contributed by atoms with Crippen LogP contribution < -0.4 is 10.5 Å². The summed E-state index contributed by atoms with van der Waals surface area (Å²) in [7, 11) is 1.66. The first-order valence-corrected chi connectivity index (χ1v) is 5.75. The lowest BCUT2D eigenvalue weighted by molar-refractivity contribution is 0.415. The van der Waals surface area contributed by atoms with Gasteiger partial charge in [0.1, 0.15) is 5.75 Å². The van der Waals surface area contributed by atoms with Gasteiger partial charge in [-0.2, -0.15) is 0 Å². The van der Waals surface area contributed by atoms with Crippen LogP contribution in [0.25, 0.3) is 11.1 Å². The van der Waals surface area contributed by atoms with Gasteiger partial charge in [0.25, 0.3) is 0 Å².